The van der Waals surface area contributed by atoms with Crippen LogP contribution in [0.15, 0.2) is 112 Å². The molecule has 0 saturated heterocycles. The quantitative estimate of drug-likeness (QED) is 0.330. The molecule has 1 heterocycles. The van der Waals surface area contributed by atoms with Crippen molar-refractivity contribution in [1.29, 1.82) is 0 Å². The molecule has 0 aliphatic rings. The lowest BCUT2D eigenvalue weighted by Gasteiger charge is -2.11. The highest BCUT2D eigenvalue weighted by molar-refractivity contribution is 5.69. The van der Waals surface area contributed by atoms with Crippen LogP contribution in [-0.4, -0.2) is 24.2 Å². The minimum absolute atomic E-state index is 0.106. The van der Waals surface area contributed by atoms with Gasteiger partial charge in [0.25, 0.3) is 0 Å². The van der Waals surface area contributed by atoms with E-state index in [1.807, 2.05) is 85.7 Å². The van der Waals surface area contributed by atoms with Gasteiger partial charge in [0.15, 0.2) is 0 Å². The summed E-state index contributed by atoms with van der Waals surface area (Å²) in [5.74, 6) is 0.106. The van der Waals surface area contributed by atoms with Gasteiger partial charge < -0.3 is 10.0 Å². The van der Waals surface area contributed by atoms with Crippen molar-refractivity contribution >= 4 is 28.4 Å². The van der Waals surface area contributed by atoms with Crippen molar-refractivity contribution in [2.45, 2.75) is 0 Å². The highest BCUT2D eigenvalue weighted by atomic mass is 16.3. The molecule has 4 aromatic rings. The number of anilines is 1. The molecule has 1 aromatic heterocycles. The zero-order valence-electron chi connectivity index (χ0n) is 17.8. The van der Waals surface area contributed by atoms with Crippen LogP contribution >= 0.6 is 0 Å². The van der Waals surface area contributed by atoms with Crippen LogP contribution in [0, 0.1) is 0 Å². The molecular weight excluding hydrogens is 400 g/mol. The maximum atomic E-state index is 10.3. The molecule has 3 aromatic carbocycles. The molecule has 0 spiro atoms. The fraction of sp³-hybridized carbons (Fsp3) is 0.0800. The molecule has 0 aliphatic carbocycles. The van der Waals surface area contributed by atoms with Gasteiger partial charge in [-0.3, -0.25) is 4.98 Å². The maximum Gasteiger partial charge on any atom is 0.127 e. The van der Waals surface area contributed by atoms with Crippen molar-refractivity contribution in [2.75, 3.05) is 19.0 Å². The molecule has 0 atom stereocenters. The number of benzene rings is 3. The molecule has 0 fully saturated rings. The first-order valence-electron chi connectivity index (χ1n) is 10.0. The van der Waals surface area contributed by atoms with Gasteiger partial charge in [-0.1, -0.05) is 6.07 Å². The first-order chi connectivity index (χ1) is 15.6. The summed E-state index contributed by atoms with van der Waals surface area (Å²) in [5, 5.41) is 27.3. The number of pyridine rings is 1. The highest BCUT2D eigenvalue weighted by Gasteiger charge is 2.06. The van der Waals surface area contributed by atoms with E-state index in [1.165, 1.54) is 0 Å². The Bertz CT molecular complexity index is 1230. The molecular formula is C25H22N6O. The molecule has 0 bridgehead atoms. The van der Waals surface area contributed by atoms with E-state index in [0.717, 1.165) is 17.1 Å². The van der Waals surface area contributed by atoms with Crippen molar-refractivity contribution < 1.29 is 5.11 Å². The van der Waals surface area contributed by atoms with Crippen LogP contribution in [0.1, 0.15) is 0 Å². The monoisotopic (exact) mass is 422 g/mol. The summed E-state index contributed by atoms with van der Waals surface area (Å²) in [6.07, 6.45) is 1.69. The first-order valence-corrected chi connectivity index (χ1v) is 10.0. The Morgan fingerprint density at radius 3 is 1.69 bits per heavy atom. The van der Waals surface area contributed by atoms with Gasteiger partial charge in [-0.25, -0.2) is 0 Å². The fourth-order valence-electron chi connectivity index (χ4n) is 2.96. The summed E-state index contributed by atoms with van der Waals surface area (Å²) < 4.78 is 0. The van der Waals surface area contributed by atoms with Crippen LogP contribution < -0.4 is 4.90 Å². The molecule has 0 amide bonds. The first kappa shape index (κ1) is 20.9. The predicted octanol–water partition coefficient (Wildman–Crippen LogP) is 7.35. The van der Waals surface area contributed by atoms with E-state index >= 15 is 0 Å². The second-order valence-corrected chi connectivity index (χ2v) is 7.24. The number of aromatic nitrogens is 1. The number of hydrogen-bond donors (Lipinski definition) is 1. The van der Waals surface area contributed by atoms with E-state index in [9.17, 15) is 5.11 Å². The minimum atomic E-state index is 0.106. The van der Waals surface area contributed by atoms with Gasteiger partial charge >= 0.3 is 0 Å². The number of rotatable bonds is 6. The van der Waals surface area contributed by atoms with Gasteiger partial charge in [0.2, 0.25) is 0 Å². The smallest absolute Gasteiger partial charge is 0.127 e. The second-order valence-electron chi connectivity index (χ2n) is 7.24. The van der Waals surface area contributed by atoms with Crippen LogP contribution in [0.2, 0.25) is 0 Å². The average molecular weight is 422 g/mol. The molecule has 0 radical (unpaired) electrons. The van der Waals surface area contributed by atoms with Crippen LogP contribution in [0.25, 0.3) is 11.3 Å². The average Bonchev–Trinajstić information content (AvgIpc) is 2.83. The van der Waals surface area contributed by atoms with Crippen molar-refractivity contribution in [3.8, 4) is 17.0 Å². The third-order valence-electron chi connectivity index (χ3n) is 4.70. The van der Waals surface area contributed by atoms with Gasteiger partial charge in [0.05, 0.1) is 28.4 Å². The Labute approximate surface area is 186 Å². The normalized spacial score (nSPS) is 11.3. The molecule has 32 heavy (non-hydrogen) atoms. The van der Waals surface area contributed by atoms with E-state index in [2.05, 4.69) is 25.4 Å². The van der Waals surface area contributed by atoms with Gasteiger partial charge in [-0.05, 0) is 72.8 Å². The molecule has 0 unspecified atom stereocenters. The van der Waals surface area contributed by atoms with Gasteiger partial charge in [-0.2, -0.15) is 20.5 Å². The summed E-state index contributed by atoms with van der Waals surface area (Å²) in [7, 11) is 3.99. The van der Waals surface area contributed by atoms with Crippen LogP contribution in [0.5, 0.6) is 5.75 Å². The Balaban J connectivity index is 1.41. The number of phenolic OH excluding ortho intramolecular Hbond substituents is 1. The molecule has 158 valence electrons. The standard InChI is InChI=1S/C25H22N6O/c1-31(2)22-13-10-20(11-14-22)28-27-18-6-8-19(9-7-18)29-30-21-12-15-23(25(32)17-21)24-5-3-4-16-26-24/h3-17,32H,1-2H3/b28-27+,30-29+. The second kappa shape index (κ2) is 9.61. The number of azo groups is 2. The number of nitrogens with zero attached hydrogens (tertiary/aromatic N) is 6. The largest absolute Gasteiger partial charge is 0.507 e. The van der Waals surface area contributed by atoms with Gasteiger partial charge in [0.1, 0.15) is 5.75 Å². The molecule has 4 rings (SSSR count). The van der Waals surface area contributed by atoms with Crippen molar-refractivity contribution in [2.24, 2.45) is 20.5 Å². The maximum absolute atomic E-state index is 10.3. The Morgan fingerprint density at radius 2 is 1.19 bits per heavy atom. The zero-order valence-corrected chi connectivity index (χ0v) is 17.8. The van der Waals surface area contributed by atoms with Crippen LogP contribution in [-0.2, 0) is 0 Å². The molecule has 7 heteroatoms. The SMILES string of the molecule is CN(C)c1ccc(/N=N/c2ccc(/N=N/c3ccc(-c4ccccn4)c(O)c3)cc2)cc1. The van der Waals surface area contributed by atoms with E-state index in [-0.39, 0.29) is 5.75 Å². The third-order valence-corrected chi connectivity index (χ3v) is 4.70. The lowest BCUT2D eigenvalue weighted by Crippen LogP contribution is -2.07. The minimum Gasteiger partial charge on any atom is -0.507 e. The zero-order chi connectivity index (χ0) is 22.3. The van der Waals surface area contributed by atoms with Crippen molar-refractivity contribution in [3.63, 3.8) is 0 Å². The molecule has 1 N–H and O–H groups in total. The lowest BCUT2D eigenvalue weighted by molar-refractivity contribution is 0.477. The summed E-state index contributed by atoms with van der Waals surface area (Å²) >= 11 is 0. The van der Waals surface area contributed by atoms with Crippen molar-refractivity contribution in [1.82, 2.24) is 4.98 Å². The Hall–Kier alpha value is -4.39. The summed E-state index contributed by atoms with van der Waals surface area (Å²) in [6, 6.07) is 25.8. The molecule has 0 aliphatic heterocycles. The topological polar surface area (TPSA) is 85.8 Å². The van der Waals surface area contributed by atoms with Gasteiger partial charge in [0, 0.05) is 37.6 Å². The lowest BCUT2D eigenvalue weighted by atomic mass is 10.1. The van der Waals surface area contributed by atoms with Crippen molar-refractivity contribution in [3.05, 3.63) is 91.1 Å². The van der Waals surface area contributed by atoms with E-state index in [1.54, 1.807) is 24.4 Å². The van der Waals surface area contributed by atoms with E-state index in [4.69, 9.17) is 0 Å². The van der Waals surface area contributed by atoms with E-state index in [0.29, 0.717) is 22.6 Å². The van der Waals surface area contributed by atoms with Crippen LogP contribution in [0.3, 0.4) is 0 Å². The number of aromatic hydroxyl groups is 1. The Morgan fingerprint density at radius 1 is 0.656 bits per heavy atom. The molecule has 7 nitrogen and oxygen atoms in total. The number of hydrogen-bond acceptors (Lipinski definition) is 7. The summed E-state index contributed by atoms with van der Waals surface area (Å²) in [4.78, 5) is 6.29. The number of phenols is 1. The Kier molecular flexibility index (Phi) is 6.27. The highest BCUT2D eigenvalue weighted by Crippen LogP contribution is 2.32. The van der Waals surface area contributed by atoms with Gasteiger partial charge in [-0.15, -0.1) is 0 Å². The summed E-state index contributed by atoms with van der Waals surface area (Å²) in [5.41, 5.74) is 5.19. The third kappa shape index (κ3) is 5.20. The van der Waals surface area contributed by atoms with E-state index < -0.39 is 0 Å². The molecule has 0 saturated carbocycles. The predicted molar refractivity (Wildman–Crippen MR) is 127 cm³/mol. The fourth-order valence-corrected chi connectivity index (χ4v) is 2.96. The summed E-state index contributed by atoms with van der Waals surface area (Å²) in [6.45, 7) is 0. The van der Waals surface area contributed by atoms with Crippen LogP contribution in [0.4, 0.5) is 28.4 Å².